The number of hydrogen-bond acceptors (Lipinski definition) is 4. The van der Waals surface area contributed by atoms with Gasteiger partial charge in [-0.05, 0) is 53.7 Å². The van der Waals surface area contributed by atoms with Gasteiger partial charge in [-0.1, -0.05) is 58.4 Å². The third kappa shape index (κ3) is 5.04. The van der Waals surface area contributed by atoms with E-state index in [0.717, 1.165) is 38.3 Å². The first-order valence-corrected chi connectivity index (χ1v) is 12.6. The van der Waals surface area contributed by atoms with Crippen LogP contribution in [0.5, 0.6) is 5.75 Å². The summed E-state index contributed by atoms with van der Waals surface area (Å²) in [5.74, 6) is -0.490. The molecule has 4 aromatic rings. The largest absolute Gasteiger partial charge is 0.489 e. The highest BCUT2D eigenvalue weighted by atomic mass is 79.9. The molecular weight excluding hydrogens is 531 g/mol. The minimum absolute atomic E-state index is 0.212. The molecule has 5 rings (SSSR count). The van der Waals surface area contributed by atoms with Crippen molar-refractivity contribution < 1.29 is 18.7 Å². The molecule has 1 aliphatic heterocycles. The summed E-state index contributed by atoms with van der Waals surface area (Å²) in [6, 6.07) is 21.7. The molecule has 1 aromatic heterocycles. The van der Waals surface area contributed by atoms with Crippen LogP contribution < -0.4 is 4.74 Å². The predicted molar refractivity (Wildman–Crippen MR) is 139 cm³/mol. The van der Waals surface area contributed by atoms with Crippen LogP contribution in [-0.4, -0.2) is 27.2 Å². The minimum Gasteiger partial charge on any atom is -0.489 e. The van der Waals surface area contributed by atoms with Crippen molar-refractivity contribution in [2.45, 2.75) is 13.1 Å². The van der Waals surface area contributed by atoms with Gasteiger partial charge >= 0.3 is 0 Å². The molecule has 176 valence electrons. The number of hydrogen-bond donors (Lipinski definition) is 0. The van der Waals surface area contributed by atoms with Gasteiger partial charge in [-0.3, -0.25) is 14.5 Å². The lowest BCUT2D eigenvalue weighted by Crippen LogP contribution is -2.27. The van der Waals surface area contributed by atoms with Crippen LogP contribution in [0.1, 0.15) is 11.1 Å². The lowest BCUT2D eigenvalue weighted by molar-refractivity contribution is -0.123. The Balaban J connectivity index is 1.36. The Morgan fingerprint density at radius 2 is 1.71 bits per heavy atom. The van der Waals surface area contributed by atoms with Crippen molar-refractivity contribution in [3.05, 3.63) is 105 Å². The van der Waals surface area contributed by atoms with Gasteiger partial charge in [-0.2, -0.15) is 0 Å². The van der Waals surface area contributed by atoms with Crippen LogP contribution in [0.2, 0.25) is 0 Å². The molecule has 0 radical (unpaired) electrons. The van der Waals surface area contributed by atoms with Crippen molar-refractivity contribution in [2.75, 3.05) is 6.61 Å². The number of imide groups is 1. The number of benzene rings is 3. The number of rotatable bonds is 7. The maximum absolute atomic E-state index is 13.8. The zero-order valence-electron chi connectivity index (χ0n) is 18.5. The molecule has 0 atom stereocenters. The number of para-hydroxylation sites is 2. The quantitative estimate of drug-likeness (QED) is 0.236. The molecule has 2 heterocycles. The van der Waals surface area contributed by atoms with Crippen molar-refractivity contribution in [3.63, 3.8) is 0 Å². The highest BCUT2D eigenvalue weighted by Gasteiger charge is 2.35. The molecule has 5 nitrogen and oxygen atoms in total. The van der Waals surface area contributed by atoms with Crippen LogP contribution in [-0.2, 0) is 17.9 Å². The van der Waals surface area contributed by atoms with Crippen LogP contribution in [0.3, 0.4) is 0 Å². The number of fused-ring (bicyclic) bond motifs is 1. The van der Waals surface area contributed by atoms with Gasteiger partial charge in [0.05, 0.1) is 18.0 Å². The lowest BCUT2D eigenvalue weighted by Gasteiger charge is -2.12. The van der Waals surface area contributed by atoms with Crippen molar-refractivity contribution in [3.8, 4) is 5.75 Å². The number of ether oxygens (including phenoxy) is 1. The Labute approximate surface area is 214 Å². The molecule has 0 N–H and O–H groups in total. The number of carbonyl (C=O) groups is 2. The average Bonchev–Trinajstić information content (AvgIpc) is 3.34. The number of thioether (sulfide) groups is 1. The van der Waals surface area contributed by atoms with Crippen LogP contribution in [0, 0.1) is 5.82 Å². The zero-order valence-corrected chi connectivity index (χ0v) is 20.9. The summed E-state index contributed by atoms with van der Waals surface area (Å²) in [6.07, 6.45) is 3.70. The van der Waals surface area contributed by atoms with Gasteiger partial charge in [-0.15, -0.1) is 0 Å². The summed E-state index contributed by atoms with van der Waals surface area (Å²) in [6.45, 7) is 1.00. The van der Waals surface area contributed by atoms with Crippen molar-refractivity contribution >= 4 is 55.8 Å². The van der Waals surface area contributed by atoms with E-state index in [4.69, 9.17) is 4.74 Å². The normalized spacial score (nSPS) is 14.9. The summed E-state index contributed by atoms with van der Waals surface area (Å²) in [7, 11) is 0. The lowest BCUT2D eigenvalue weighted by atomic mass is 10.1. The van der Waals surface area contributed by atoms with E-state index >= 15 is 0 Å². The summed E-state index contributed by atoms with van der Waals surface area (Å²) in [4.78, 5) is 27.3. The summed E-state index contributed by atoms with van der Waals surface area (Å²) in [5.41, 5.74) is 2.67. The smallest absolute Gasteiger partial charge is 0.293 e. The van der Waals surface area contributed by atoms with E-state index in [1.807, 2.05) is 59.3 Å². The molecule has 1 saturated heterocycles. The first kappa shape index (κ1) is 23.4. The average molecular weight is 551 g/mol. The van der Waals surface area contributed by atoms with E-state index in [-0.39, 0.29) is 30.0 Å². The second-order valence-electron chi connectivity index (χ2n) is 7.97. The van der Waals surface area contributed by atoms with Crippen molar-refractivity contribution in [1.29, 1.82) is 0 Å². The first-order valence-electron chi connectivity index (χ1n) is 10.9. The van der Waals surface area contributed by atoms with Crippen LogP contribution >= 0.6 is 27.7 Å². The van der Waals surface area contributed by atoms with Gasteiger partial charge < -0.3 is 9.30 Å². The van der Waals surface area contributed by atoms with Gasteiger partial charge in [0.1, 0.15) is 6.61 Å². The maximum Gasteiger partial charge on any atom is 0.293 e. The Morgan fingerprint density at radius 3 is 2.51 bits per heavy atom. The van der Waals surface area contributed by atoms with Gasteiger partial charge in [-0.25, -0.2) is 4.39 Å². The molecule has 0 saturated carbocycles. The Hall–Kier alpha value is -3.36. The highest BCUT2D eigenvalue weighted by molar-refractivity contribution is 9.10. The molecule has 3 aromatic carbocycles. The van der Waals surface area contributed by atoms with E-state index in [0.29, 0.717) is 11.4 Å². The van der Waals surface area contributed by atoms with E-state index in [2.05, 4.69) is 15.9 Å². The standard InChI is InChI=1S/C27H20BrFN2O3S/c28-20-11-9-18(10-12-20)16-31-26(32)25(35-27(31)33)15-19-17-30(23-7-3-1-5-21(19)23)13-14-34-24-8-4-2-6-22(24)29/h1-12,15,17H,13-14,16H2/b25-15-. The Kier molecular flexibility index (Phi) is 6.74. The third-order valence-electron chi connectivity index (χ3n) is 5.66. The van der Waals surface area contributed by atoms with Gasteiger partial charge in [0, 0.05) is 27.1 Å². The fourth-order valence-electron chi connectivity index (χ4n) is 3.94. The molecule has 1 fully saturated rings. The number of nitrogens with zero attached hydrogens (tertiary/aromatic N) is 2. The highest BCUT2D eigenvalue weighted by Crippen LogP contribution is 2.35. The van der Waals surface area contributed by atoms with Crippen LogP contribution in [0.15, 0.2) is 88.4 Å². The fraction of sp³-hybridized carbons (Fsp3) is 0.111. The summed E-state index contributed by atoms with van der Waals surface area (Å²) >= 11 is 4.34. The predicted octanol–water partition coefficient (Wildman–Crippen LogP) is 6.86. The molecule has 0 spiro atoms. The Bertz CT molecular complexity index is 1450. The number of aromatic nitrogens is 1. The minimum atomic E-state index is -0.399. The topological polar surface area (TPSA) is 51.5 Å². The van der Waals surface area contributed by atoms with Crippen LogP contribution in [0.25, 0.3) is 17.0 Å². The molecule has 0 bridgehead atoms. The Morgan fingerprint density at radius 1 is 0.971 bits per heavy atom. The SMILES string of the molecule is O=C1S/C(=C\c2cn(CCOc3ccccc3F)c3ccccc23)C(=O)N1Cc1ccc(Br)cc1. The molecule has 0 unspecified atom stereocenters. The molecular formula is C27H20BrFN2O3S. The van der Waals surface area contributed by atoms with E-state index in [1.54, 1.807) is 24.3 Å². The second-order valence-corrected chi connectivity index (χ2v) is 9.88. The zero-order chi connectivity index (χ0) is 24.4. The second kappa shape index (κ2) is 10.1. The first-order chi connectivity index (χ1) is 17.0. The van der Waals surface area contributed by atoms with Gasteiger partial charge in [0.25, 0.3) is 11.1 Å². The van der Waals surface area contributed by atoms with E-state index in [1.165, 1.54) is 11.0 Å². The van der Waals surface area contributed by atoms with E-state index < -0.39 is 5.82 Å². The van der Waals surface area contributed by atoms with Crippen molar-refractivity contribution in [2.24, 2.45) is 0 Å². The van der Waals surface area contributed by atoms with Gasteiger partial charge in [0.2, 0.25) is 0 Å². The molecule has 2 amide bonds. The number of amides is 2. The third-order valence-corrected chi connectivity index (χ3v) is 7.10. The van der Waals surface area contributed by atoms with Crippen molar-refractivity contribution in [1.82, 2.24) is 9.47 Å². The molecule has 35 heavy (non-hydrogen) atoms. The monoisotopic (exact) mass is 550 g/mol. The fourth-order valence-corrected chi connectivity index (χ4v) is 5.03. The molecule has 8 heteroatoms. The maximum atomic E-state index is 13.8. The molecule has 1 aliphatic rings. The number of carbonyl (C=O) groups excluding carboxylic acids is 2. The van der Waals surface area contributed by atoms with Crippen LogP contribution in [0.4, 0.5) is 9.18 Å². The summed E-state index contributed by atoms with van der Waals surface area (Å²) in [5, 5.41) is 0.671. The molecule has 0 aliphatic carbocycles. The van der Waals surface area contributed by atoms with E-state index in [9.17, 15) is 14.0 Å². The van der Waals surface area contributed by atoms with Gasteiger partial charge in [0.15, 0.2) is 11.6 Å². The number of halogens is 2. The summed E-state index contributed by atoms with van der Waals surface area (Å²) < 4.78 is 22.4.